The normalized spacial score (nSPS) is 14.1. The Labute approximate surface area is 216 Å². The van der Waals surface area contributed by atoms with Gasteiger partial charge in [-0.1, -0.05) is 18.2 Å². The van der Waals surface area contributed by atoms with Crippen LogP contribution in [-0.4, -0.2) is 66.0 Å². The molecule has 1 aliphatic rings. The van der Waals surface area contributed by atoms with Crippen LogP contribution in [0.2, 0.25) is 0 Å². The number of amides is 2. The molecule has 0 bridgehead atoms. The molecule has 0 unspecified atom stereocenters. The highest BCUT2D eigenvalue weighted by Gasteiger charge is 2.32. The third-order valence-electron chi connectivity index (χ3n) is 5.68. The largest absolute Gasteiger partial charge is 0.573 e. The zero-order chi connectivity index (χ0) is 27.1. The number of hydrogen-bond acceptors (Lipinski definition) is 7. The molecule has 9 nitrogen and oxygen atoms in total. The fourth-order valence-electron chi connectivity index (χ4n) is 3.77. The Balaban J connectivity index is 1.47. The van der Waals surface area contributed by atoms with Gasteiger partial charge in [0.15, 0.2) is 5.75 Å². The van der Waals surface area contributed by atoms with Gasteiger partial charge in [0, 0.05) is 36.1 Å². The van der Waals surface area contributed by atoms with Gasteiger partial charge in [-0.2, -0.15) is 0 Å². The smallest absolute Gasteiger partial charge is 0.404 e. The molecule has 0 atom stereocenters. The molecule has 4 rings (SSSR count). The van der Waals surface area contributed by atoms with Gasteiger partial charge < -0.3 is 25.2 Å². The molecule has 38 heavy (non-hydrogen) atoms. The first-order valence-electron chi connectivity index (χ1n) is 11.7. The highest BCUT2D eigenvalue weighted by Crippen LogP contribution is 2.32. The molecule has 2 amide bonds. The van der Waals surface area contributed by atoms with E-state index in [0.717, 1.165) is 23.3 Å². The molecule has 2 heterocycles. The zero-order valence-electron chi connectivity index (χ0n) is 20.1. The number of hydrogen-bond donors (Lipinski definition) is 3. The number of aromatic nitrogens is 1. The fourth-order valence-corrected chi connectivity index (χ4v) is 3.77. The number of halogens is 3. The number of pyridine rings is 1. The summed E-state index contributed by atoms with van der Waals surface area (Å²) >= 11 is 0. The number of aliphatic hydroxyl groups is 1. The topological polar surface area (TPSA) is 113 Å². The fraction of sp³-hybridized carbons (Fsp3) is 0.269. The summed E-state index contributed by atoms with van der Waals surface area (Å²) in [5.74, 6) is -1.77. The van der Waals surface area contributed by atoms with Gasteiger partial charge >= 0.3 is 6.36 Å². The SMILES string of the molecule is O=C(CN1CCOCC1)Nc1cc(C(=O)Nc2ccc(-c3ccc(CO)nc3)cc2)ccc1OC(F)(F)F. The monoisotopic (exact) mass is 530 g/mol. The summed E-state index contributed by atoms with van der Waals surface area (Å²) < 4.78 is 48.0. The quantitative estimate of drug-likeness (QED) is 0.408. The number of ether oxygens (including phenoxy) is 2. The van der Waals surface area contributed by atoms with E-state index in [1.807, 2.05) is 6.07 Å². The first-order chi connectivity index (χ1) is 18.2. The van der Waals surface area contributed by atoms with Crippen molar-refractivity contribution in [1.29, 1.82) is 0 Å². The molecular formula is C26H25F3N4O5. The van der Waals surface area contributed by atoms with Crippen molar-refractivity contribution in [1.82, 2.24) is 9.88 Å². The van der Waals surface area contributed by atoms with Crippen molar-refractivity contribution in [3.05, 3.63) is 72.1 Å². The number of morpholine rings is 1. The second-order valence-electron chi connectivity index (χ2n) is 8.42. The van der Waals surface area contributed by atoms with Gasteiger partial charge in [0.2, 0.25) is 5.91 Å². The maximum absolute atomic E-state index is 12.9. The van der Waals surface area contributed by atoms with Crippen molar-refractivity contribution in [2.75, 3.05) is 43.5 Å². The van der Waals surface area contributed by atoms with Gasteiger partial charge in [0.1, 0.15) is 0 Å². The number of rotatable bonds is 8. The number of alkyl halides is 3. The molecule has 0 radical (unpaired) electrons. The predicted octanol–water partition coefficient (Wildman–Crippen LogP) is 3.66. The standard InChI is InChI=1S/C26H25F3N4O5/c27-26(28,29)38-23-8-4-18(13-22(23)32-24(35)15-33-9-11-37-12-10-33)25(36)31-20-5-1-17(2-6-20)19-3-7-21(16-34)30-14-19/h1-8,13-14,34H,9-12,15-16H2,(H,31,36)(H,32,35). The van der Waals surface area contributed by atoms with Gasteiger partial charge in [0.05, 0.1) is 37.7 Å². The Kier molecular flexibility index (Phi) is 8.56. The highest BCUT2D eigenvalue weighted by atomic mass is 19.4. The van der Waals surface area contributed by atoms with Crippen molar-refractivity contribution >= 4 is 23.2 Å². The van der Waals surface area contributed by atoms with E-state index < -0.39 is 23.9 Å². The van der Waals surface area contributed by atoms with Gasteiger partial charge in [0.25, 0.3) is 5.91 Å². The summed E-state index contributed by atoms with van der Waals surface area (Å²) in [7, 11) is 0. The van der Waals surface area contributed by atoms with E-state index in [0.29, 0.717) is 37.7 Å². The molecular weight excluding hydrogens is 505 g/mol. The first-order valence-corrected chi connectivity index (χ1v) is 11.7. The Bertz CT molecular complexity index is 1260. The predicted molar refractivity (Wildman–Crippen MR) is 133 cm³/mol. The van der Waals surface area contributed by atoms with Crippen LogP contribution in [0.5, 0.6) is 5.75 Å². The molecule has 1 aliphatic heterocycles. The molecule has 1 aromatic heterocycles. The molecule has 3 aromatic rings. The average Bonchev–Trinajstić information content (AvgIpc) is 2.90. The van der Waals surface area contributed by atoms with Gasteiger partial charge in [-0.15, -0.1) is 13.2 Å². The lowest BCUT2D eigenvalue weighted by Gasteiger charge is -2.26. The summed E-state index contributed by atoms with van der Waals surface area (Å²) in [5, 5.41) is 14.2. The van der Waals surface area contributed by atoms with Crippen LogP contribution in [0.15, 0.2) is 60.8 Å². The second-order valence-corrected chi connectivity index (χ2v) is 8.42. The van der Waals surface area contributed by atoms with Crippen LogP contribution in [0.4, 0.5) is 24.5 Å². The Morgan fingerprint density at radius 2 is 1.71 bits per heavy atom. The summed E-state index contributed by atoms with van der Waals surface area (Å²) in [6.45, 7) is 1.75. The van der Waals surface area contributed by atoms with E-state index in [1.54, 1.807) is 41.4 Å². The van der Waals surface area contributed by atoms with Crippen LogP contribution in [-0.2, 0) is 16.1 Å². The summed E-state index contributed by atoms with van der Waals surface area (Å²) in [6.07, 6.45) is -3.36. The summed E-state index contributed by atoms with van der Waals surface area (Å²) in [5.41, 5.74) is 2.39. The lowest BCUT2D eigenvalue weighted by atomic mass is 10.1. The van der Waals surface area contributed by atoms with E-state index in [2.05, 4.69) is 20.4 Å². The van der Waals surface area contributed by atoms with Crippen molar-refractivity contribution in [2.45, 2.75) is 13.0 Å². The lowest BCUT2D eigenvalue weighted by Crippen LogP contribution is -2.41. The van der Waals surface area contributed by atoms with Crippen LogP contribution in [0.1, 0.15) is 16.1 Å². The van der Waals surface area contributed by atoms with Crippen LogP contribution in [0, 0.1) is 0 Å². The molecule has 0 saturated carbocycles. The lowest BCUT2D eigenvalue weighted by molar-refractivity contribution is -0.274. The maximum atomic E-state index is 12.9. The van der Waals surface area contributed by atoms with Crippen molar-refractivity contribution in [3.8, 4) is 16.9 Å². The van der Waals surface area contributed by atoms with Crippen LogP contribution >= 0.6 is 0 Å². The second kappa shape index (κ2) is 12.0. The van der Waals surface area contributed by atoms with Crippen molar-refractivity contribution in [2.24, 2.45) is 0 Å². The highest BCUT2D eigenvalue weighted by molar-refractivity contribution is 6.06. The molecule has 2 aromatic carbocycles. The molecule has 3 N–H and O–H groups in total. The number of carbonyl (C=O) groups is 2. The number of carbonyl (C=O) groups excluding carboxylic acids is 2. The Morgan fingerprint density at radius 1 is 1.00 bits per heavy atom. The number of aliphatic hydroxyl groups excluding tert-OH is 1. The van der Waals surface area contributed by atoms with E-state index in [-0.39, 0.29) is 24.4 Å². The van der Waals surface area contributed by atoms with E-state index in [9.17, 15) is 22.8 Å². The number of nitrogens with one attached hydrogen (secondary N) is 2. The van der Waals surface area contributed by atoms with E-state index in [1.165, 1.54) is 6.07 Å². The van der Waals surface area contributed by atoms with Crippen LogP contribution in [0.3, 0.4) is 0 Å². The molecule has 12 heteroatoms. The maximum Gasteiger partial charge on any atom is 0.573 e. The van der Waals surface area contributed by atoms with Gasteiger partial charge in [-0.25, -0.2) is 0 Å². The Morgan fingerprint density at radius 3 is 2.34 bits per heavy atom. The number of benzene rings is 2. The first kappa shape index (κ1) is 27.0. The summed E-state index contributed by atoms with van der Waals surface area (Å²) in [6, 6.07) is 13.7. The van der Waals surface area contributed by atoms with Gasteiger partial charge in [-0.3, -0.25) is 19.5 Å². The minimum Gasteiger partial charge on any atom is -0.404 e. The minimum atomic E-state index is -4.98. The van der Waals surface area contributed by atoms with Crippen LogP contribution < -0.4 is 15.4 Å². The molecule has 0 spiro atoms. The van der Waals surface area contributed by atoms with Gasteiger partial charge in [-0.05, 0) is 42.0 Å². The van der Waals surface area contributed by atoms with E-state index >= 15 is 0 Å². The zero-order valence-corrected chi connectivity index (χ0v) is 20.1. The molecule has 1 fully saturated rings. The molecule has 200 valence electrons. The minimum absolute atomic E-state index is 0.0223. The average molecular weight is 531 g/mol. The number of anilines is 2. The summed E-state index contributed by atoms with van der Waals surface area (Å²) in [4.78, 5) is 31.3. The third kappa shape index (κ3) is 7.51. The van der Waals surface area contributed by atoms with E-state index in [4.69, 9.17) is 9.84 Å². The molecule has 1 saturated heterocycles. The Hall–Kier alpha value is -4.00. The molecule has 0 aliphatic carbocycles. The third-order valence-corrected chi connectivity index (χ3v) is 5.68. The van der Waals surface area contributed by atoms with Crippen molar-refractivity contribution < 1.29 is 37.3 Å². The van der Waals surface area contributed by atoms with Crippen molar-refractivity contribution in [3.63, 3.8) is 0 Å². The van der Waals surface area contributed by atoms with Crippen LogP contribution in [0.25, 0.3) is 11.1 Å². The number of nitrogens with zero attached hydrogens (tertiary/aromatic N) is 2.